The monoisotopic (exact) mass is 392 g/mol. The summed E-state index contributed by atoms with van der Waals surface area (Å²) >= 11 is 2.56. The van der Waals surface area contributed by atoms with Gasteiger partial charge in [0.25, 0.3) is 0 Å². The van der Waals surface area contributed by atoms with E-state index in [1.807, 2.05) is 0 Å². The van der Waals surface area contributed by atoms with Crippen LogP contribution in [0.3, 0.4) is 0 Å². The molecule has 2 heteroatoms. The molecule has 0 spiro atoms. The average molecular weight is 392 g/mol. The molecular weight excluding hydrogens is 359 g/mol. The molecule has 0 aliphatic heterocycles. The molecule has 0 saturated heterocycles. The predicted octanol–water partition coefficient (Wildman–Crippen LogP) is 5.85. The molecule has 2 fully saturated rings. The summed E-state index contributed by atoms with van der Waals surface area (Å²) < 4.78 is 7.88. The first-order valence-corrected chi connectivity index (χ1v) is 10.2. The highest BCUT2D eigenvalue weighted by Gasteiger charge is 2.39. The number of hydrogen-bond acceptors (Lipinski definition) is 1. The smallest absolute Gasteiger partial charge is 0.0775 e. The van der Waals surface area contributed by atoms with Gasteiger partial charge in [-0.25, -0.2) is 0 Å². The molecule has 2 aliphatic carbocycles. The maximum atomic E-state index is 6.71. The van der Waals surface area contributed by atoms with Gasteiger partial charge in [-0.1, -0.05) is 50.3 Å². The molecule has 3 atom stereocenters. The van der Waals surface area contributed by atoms with E-state index in [2.05, 4.69) is 50.3 Å². The number of alkyl halides is 1. The van der Waals surface area contributed by atoms with Crippen LogP contribution in [0, 0.1) is 23.7 Å². The van der Waals surface area contributed by atoms with Crippen molar-refractivity contribution in [1.82, 2.24) is 0 Å². The maximum Gasteiger partial charge on any atom is 0.0775 e. The lowest BCUT2D eigenvalue weighted by atomic mass is 9.74. The van der Waals surface area contributed by atoms with Crippen LogP contribution >= 0.6 is 22.6 Å². The van der Waals surface area contributed by atoms with Crippen molar-refractivity contribution in [3.8, 4) is 0 Å². The minimum absolute atomic E-state index is 0.205. The number of halogens is 1. The summed E-state index contributed by atoms with van der Waals surface area (Å²) in [5.74, 6) is 3.51. The molecular formula is C18H33IO. The molecule has 0 aromatic rings. The van der Waals surface area contributed by atoms with E-state index in [0.717, 1.165) is 23.7 Å². The van der Waals surface area contributed by atoms with Crippen LogP contribution in [-0.2, 0) is 4.74 Å². The SMILES string of the molecule is CC(C)C1CCC(CI)(OC2CCC(C)C(C)C2)CC1. The van der Waals surface area contributed by atoms with E-state index in [-0.39, 0.29) is 5.60 Å². The Hall–Kier alpha value is 0.690. The fourth-order valence-corrected chi connectivity index (χ4v) is 5.02. The lowest BCUT2D eigenvalue weighted by Crippen LogP contribution is -2.44. The summed E-state index contributed by atoms with van der Waals surface area (Å²) in [7, 11) is 0. The molecule has 2 saturated carbocycles. The van der Waals surface area contributed by atoms with Crippen molar-refractivity contribution in [1.29, 1.82) is 0 Å². The van der Waals surface area contributed by atoms with E-state index in [1.54, 1.807) is 0 Å². The Bertz CT molecular complexity index is 294. The second-order valence-corrected chi connectivity index (χ2v) is 8.67. The molecule has 0 amide bonds. The first-order valence-electron chi connectivity index (χ1n) is 8.69. The van der Waals surface area contributed by atoms with Crippen LogP contribution in [0.15, 0.2) is 0 Å². The van der Waals surface area contributed by atoms with E-state index < -0.39 is 0 Å². The third kappa shape index (κ3) is 4.12. The maximum absolute atomic E-state index is 6.71. The van der Waals surface area contributed by atoms with Gasteiger partial charge in [-0.05, 0) is 68.6 Å². The van der Waals surface area contributed by atoms with Gasteiger partial charge in [-0.2, -0.15) is 0 Å². The molecule has 118 valence electrons. The summed E-state index contributed by atoms with van der Waals surface area (Å²) in [4.78, 5) is 0. The van der Waals surface area contributed by atoms with E-state index in [9.17, 15) is 0 Å². The highest BCUT2D eigenvalue weighted by atomic mass is 127. The van der Waals surface area contributed by atoms with E-state index >= 15 is 0 Å². The summed E-state index contributed by atoms with van der Waals surface area (Å²) in [6.45, 7) is 9.58. The van der Waals surface area contributed by atoms with Gasteiger partial charge in [0.05, 0.1) is 11.7 Å². The lowest BCUT2D eigenvalue weighted by molar-refractivity contribution is -0.124. The van der Waals surface area contributed by atoms with Gasteiger partial charge < -0.3 is 4.74 Å². The first-order chi connectivity index (χ1) is 9.46. The highest BCUT2D eigenvalue weighted by Crippen LogP contribution is 2.42. The molecule has 1 nitrogen and oxygen atoms in total. The Labute approximate surface area is 139 Å². The standard InChI is InChI=1S/C18H33IO/c1-13(2)16-7-9-18(12-19,10-8-16)20-17-6-5-14(3)15(4)11-17/h13-17H,5-12H2,1-4H3. The highest BCUT2D eigenvalue weighted by molar-refractivity contribution is 14.1. The quantitative estimate of drug-likeness (QED) is 0.431. The third-order valence-electron chi connectivity index (χ3n) is 6.09. The largest absolute Gasteiger partial charge is 0.371 e. The molecule has 3 unspecified atom stereocenters. The Morgan fingerprint density at radius 2 is 1.70 bits per heavy atom. The Kier molecular flexibility index (Phi) is 6.23. The fraction of sp³-hybridized carbons (Fsp3) is 1.00. The Morgan fingerprint density at radius 1 is 1.05 bits per heavy atom. The normalized spacial score (nSPS) is 42.9. The molecule has 0 N–H and O–H groups in total. The number of rotatable bonds is 4. The van der Waals surface area contributed by atoms with Crippen LogP contribution < -0.4 is 0 Å². The van der Waals surface area contributed by atoms with Crippen molar-refractivity contribution < 1.29 is 4.74 Å². The Balaban J connectivity index is 1.89. The molecule has 2 aliphatic rings. The molecule has 0 heterocycles. The molecule has 0 radical (unpaired) electrons. The Morgan fingerprint density at radius 3 is 2.20 bits per heavy atom. The summed E-state index contributed by atoms with van der Waals surface area (Å²) in [5.41, 5.74) is 0.205. The summed E-state index contributed by atoms with van der Waals surface area (Å²) in [6.07, 6.45) is 9.80. The van der Waals surface area contributed by atoms with E-state index in [0.29, 0.717) is 6.10 Å². The van der Waals surface area contributed by atoms with Crippen LogP contribution in [0.4, 0.5) is 0 Å². The zero-order chi connectivity index (χ0) is 14.8. The molecule has 0 aromatic carbocycles. The third-order valence-corrected chi connectivity index (χ3v) is 7.48. The van der Waals surface area contributed by atoms with Crippen LogP contribution in [0.1, 0.15) is 72.6 Å². The van der Waals surface area contributed by atoms with Gasteiger partial charge in [0.2, 0.25) is 0 Å². The van der Waals surface area contributed by atoms with Gasteiger partial charge in [-0.15, -0.1) is 0 Å². The molecule has 0 aromatic heterocycles. The average Bonchev–Trinajstić information content (AvgIpc) is 2.43. The van der Waals surface area contributed by atoms with Crippen molar-refractivity contribution in [3.63, 3.8) is 0 Å². The van der Waals surface area contributed by atoms with Crippen molar-refractivity contribution >= 4 is 22.6 Å². The first kappa shape index (κ1) is 17.1. The van der Waals surface area contributed by atoms with E-state index in [1.165, 1.54) is 49.4 Å². The fourth-order valence-electron chi connectivity index (χ4n) is 4.07. The van der Waals surface area contributed by atoms with Gasteiger partial charge >= 0.3 is 0 Å². The molecule has 20 heavy (non-hydrogen) atoms. The topological polar surface area (TPSA) is 9.23 Å². The van der Waals surface area contributed by atoms with Gasteiger partial charge in [-0.3, -0.25) is 0 Å². The van der Waals surface area contributed by atoms with Gasteiger partial charge in [0, 0.05) is 4.43 Å². The van der Waals surface area contributed by atoms with Crippen molar-refractivity contribution in [2.24, 2.45) is 23.7 Å². The molecule has 0 bridgehead atoms. The lowest BCUT2D eigenvalue weighted by Gasteiger charge is -2.44. The molecule has 2 rings (SSSR count). The number of ether oxygens (including phenoxy) is 1. The second-order valence-electron chi connectivity index (χ2n) is 7.91. The summed E-state index contributed by atoms with van der Waals surface area (Å²) in [5, 5.41) is 0. The minimum Gasteiger partial charge on any atom is -0.371 e. The number of hydrogen-bond donors (Lipinski definition) is 0. The van der Waals surface area contributed by atoms with Crippen LogP contribution in [0.5, 0.6) is 0 Å². The minimum atomic E-state index is 0.205. The van der Waals surface area contributed by atoms with Crippen LogP contribution in [0.2, 0.25) is 0 Å². The van der Waals surface area contributed by atoms with Crippen molar-refractivity contribution in [2.45, 2.75) is 84.3 Å². The van der Waals surface area contributed by atoms with Gasteiger partial charge in [0.15, 0.2) is 0 Å². The predicted molar refractivity (Wildman–Crippen MR) is 95.5 cm³/mol. The van der Waals surface area contributed by atoms with Crippen LogP contribution in [0.25, 0.3) is 0 Å². The van der Waals surface area contributed by atoms with Gasteiger partial charge in [0.1, 0.15) is 0 Å². The summed E-state index contributed by atoms with van der Waals surface area (Å²) in [6, 6.07) is 0. The zero-order valence-electron chi connectivity index (χ0n) is 13.8. The zero-order valence-corrected chi connectivity index (χ0v) is 16.0. The van der Waals surface area contributed by atoms with Crippen molar-refractivity contribution in [3.05, 3.63) is 0 Å². The second kappa shape index (κ2) is 7.30. The van der Waals surface area contributed by atoms with Crippen molar-refractivity contribution in [2.75, 3.05) is 4.43 Å². The van der Waals surface area contributed by atoms with E-state index in [4.69, 9.17) is 4.74 Å². The van der Waals surface area contributed by atoms with Crippen LogP contribution in [-0.4, -0.2) is 16.1 Å².